The SMILES string of the molecule is Cc1ccc(NC(=O)c2ccc(OCc3cc(C(=O)O)oc3C)cc2)c(C)c1. The molecule has 0 radical (unpaired) electrons. The molecule has 0 aliphatic heterocycles. The molecule has 0 aliphatic carbocycles. The van der Waals surface area contributed by atoms with E-state index in [1.807, 2.05) is 32.0 Å². The number of nitrogens with one attached hydrogen (secondary N) is 1. The Bertz CT molecular complexity index is 1020. The molecule has 3 rings (SSSR count). The summed E-state index contributed by atoms with van der Waals surface area (Å²) >= 11 is 0. The maximum atomic E-state index is 12.4. The first-order chi connectivity index (χ1) is 13.3. The van der Waals surface area contributed by atoms with Crippen molar-refractivity contribution in [1.29, 1.82) is 0 Å². The van der Waals surface area contributed by atoms with E-state index in [4.69, 9.17) is 14.3 Å². The predicted molar refractivity (Wildman–Crippen MR) is 105 cm³/mol. The summed E-state index contributed by atoms with van der Waals surface area (Å²) in [5.41, 5.74) is 4.10. The molecule has 6 heteroatoms. The highest BCUT2D eigenvalue weighted by molar-refractivity contribution is 6.04. The number of carbonyl (C=O) groups is 2. The van der Waals surface area contributed by atoms with Gasteiger partial charge in [0.05, 0.1) is 0 Å². The summed E-state index contributed by atoms with van der Waals surface area (Å²) in [5.74, 6) is -0.360. The highest BCUT2D eigenvalue weighted by Crippen LogP contribution is 2.20. The Balaban J connectivity index is 1.63. The topological polar surface area (TPSA) is 88.8 Å². The monoisotopic (exact) mass is 379 g/mol. The lowest BCUT2D eigenvalue weighted by atomic mass is 10.1. The molecule has 144 valence electrons. The van der Waals surface area contributed by atoms with Crippen LogP contribution in [0.15, 0.2) is 52.9 Å². The molecule has 2 N–H and O–H groups in total. The second kappa shape index (κ2) is 8.00. The van der Waals surface area contributed by atoms with Gasteiger partial charge in [-0.05, 0) is 62.7 Å². The average Bonchev–Trinajstić information content (AvgIpc) is 3.04. The summed E-state index contributed by atoms with van der Waals surface area (Å²) in [6.45, 7) is 5.82. The quantitative estimate of drug-likeness (QED) is 0.646. The minimum Gasteiger partial charge on any atom is -0.489 e. The Kier molecular flexibility index (Phi) is 5.49. The Hall–Kier alpha value is -3.54. The van der Waals surface area contributed by atoms with E-state index in [0.717, 1.165) is 16.8 Å². The van der Waals surface area contributed by atoms with E-state index in [0.29, 0.717) is 22.6 Å². The van der Waals surface area contributed by atoms with E-state index < -0.39 is 5.97 Å². The first kappa shape index (κ1) is 19.2. The van der Waals surface area contributed by atoms with Gasteiger partial charge >= 0.3 is 5.97 Å². The van der Waals surface area contributed by atoms with Crippen molar-refractivity contribution in [3.63, 3.8) is 0 Å². The number of carbonyl (C=O) groups excluding carboxylic acids is 1. The van der Waals surface area contributed by atoms with E-state index in [1.165, 1.54) is 6.07 Å². The Labute approximate surface area is 162 Å². The fourth-order valence-electron chi connectivity index (χ4n) is 2.78. The van der Waals surface area contributed by atoms with Gasteiger partial charge in [0.2, 0.25) is 5.76 Å². The number of hydrogen-bond acceptors (Lipinski definition) is 4. The van der Waals surface area contributed by atoms with Crippen molar-refractivity contribution in [3.8, 4) is 5.75 Å². The Morgan fingerprint density at radius 3 is 2.36 bits per heavy atom. The number of amides is 1. The van der Waals surface area contributed by atoms with E-state index in [9.17, 15) is 9.59 Å². The van der Waals surface area contributed by atoms with Gasteiger partial charge in [-0.25, -0.2) is 4.79 Å². The zero-order valence-electron chi connectivity index (χ0n) is 15.9. The minimum atomic E-state index is -1.12. The third-order valence-corrected chi connectivity index (χ3v) is 4.37. The third-order valence-electron chi connectivity index (χ3n) is 4.37. The maximum absolute atomic E-state index is 12.4. The maximum Gasteiger partial charge on any atom is 0.371 e. The molecule has 0 atom stereocenters. The lowest BCUT2D eigenvalue weighted by molar-refractivity contribution is 0.0660. The first-order valence-corrected chi connectivity index (χ1v) is 8.77. The van der Waals surface area contributed by atoms with Crippen LogP contribution in [0, 0.1) is 20.8 Å². The van der Waals surface area contributed by atoms with Crippen LogP contribution in [0.1, 0.15) is 43.4 Å². The van der Waals surface area contributed by atoms with Crippen molar-refractivity contribution in [2.24, 2.45) is 0 Å². The minimum absolute atomic E-state index is 0.116. The highest BCUT2D eigenvalue weighted by Gasteiger charge is 2.14. The molecule has 28 heavy (non-hydrogen) atoms. The number of benzene rings is 2. The van der Waals surface area contributed by atoms with Gasteiger partial charge in [-0.1, -0.05) is 17.7 Å². The van der Waals surface area contributed by atoms with Crippen LogP contribution in [0.25, 0.3) is 0 Å². The van der Waals surface area contributed by atoms with Crippen molar-refractivity contribution in [3.05, 3.63) is 82.3 Å². The molecular formula is C22H21NO5. The van der Waals surface area contributed by atoms with Gasteiger partial charge in [0.15, 0.2) is 0 Å². The molecule has 6 nitrogen and oxygen atoms in total. The Morgan fingerprint density at radius 2 is 1.75 bits per heavy atom. The molecular weight excluding hydrogens is 358 g/mol. The fourth-order valence-corrected chi connectivity index (χ4v) is 2.78. The molecule has 1 aromatic heterocycles. The second-order valence-corrected chi connectivity index (χ2v) is 6.58. The predicted octanol–water partition coefficient (Wildman–Crippen LogP) is 4.73. The summed E-state index contributed by atoms with van der Waals surface area (Å²) < 4.78 is 10.8. The van der Waals surface area contributed by atoms with Gasteiger partial charge in [-0.15, -0.1) is 0 Å². The van der Waals surface area contributed by atoms with Crippen molar-refractivity contribution in [2.45, 2.75) is 27.4 Å². The van der Waals surface area contributed by atoms with Gasteiger partial charge in [-0.2, -0.15) is 0 Å². The van der Waals surface area contributed by atoms with E-state index >= 15 is 0 Å². The van der Waals surface area contributed by atoms with Gasteiger partial charge < -0.3 is 19.6 Å². The number of aryl methyl sites for hydroxylation is 3. The van der Waals surface area contributed by atoms with Crippen molar-refractivity contribution in [2.75, 3.05) is 5.32 Å². The van der Waals surface area contributed by atoms with Gasteiger partial charge in [-0.3, -0.25) is 4.79 Å². The highest BCUT2D eigenvalue weighted by atomic mass is 16.5. The molecule has 0 spiro atoms. The molecule has 1 amide bonds. The van der Waals surface area contributed by atoms with Gasteiger partial charge in [0.1, 0.15) is 18.1 Å². The van der Waals surface area contributed by atoms with Crippen LogP contribution >= 0.6 is 0 Å². The van der Waals surface area contributed by atoms with E-state index in [1.54, 1.807) is 31.2 Å². The van der Waals surface area contributed by atoms with Crippen LogP contribution in [0.3, 0.4) is 0 Å². The van der Waals surface area contributed by atoms with Crippen LogP contribution in [0.5, 0.6) is 5.75 Å². The average molecular weight is 379 g/mol. The Morgan fingerprint density at radius 1 is 1.04 bits per heavy atom. The summed E-state index contributed by atoms with van der Waals surface area (Å²) in [6, 6.07) is 14.1. The molecule has 0 saturated carbocycles. The molecule has 2 aromatic carbocycles. The lowest BCUT2D eigenvalue weighted by Gasteiger charge is -2.10. The molecule has 0 aliphatic rings. The summed E-state index contributed by atoms with van der Waals surface area (Å²) in [7, 11) is 0. The standard InChI is InChI=1S/C22H21NO5/c1-13-4-9-19(14(2)10-13)23-21(24)16-5-7-18(8-6-16)27-12-17-11-20(22(25)26)28-15(17)3/h4-11H,12H2,1-3H3,(H,23,24)(H,25,26). The number of ether oxygens (including phenoxy) is 1. The molecule has 0 fully saturated rings. The van der Waals surface area contributed by atoms with E-state index in [-0.39, 0.29) is 18.3 Å². The van der Waals surface area contributed by atoms with Crippen molar-refractivity contribution >= 4 is 17.6 Å². The largest absolute Gasteiger partial charge is 0.489 e. The van der Waals surface area contributed by atoms with Crippen LogP contribution in [0.4, 0.5) is 5.69 Å². The number of carboxylic acids is 1. The number of furan rings is 1. The van der Waals surface area contributed by atoms with Crippen molar-refractivity contribution in [1.82, 2.24) is 0 Å². The van der Waals surface area contributed by atoms with Crippen molar-refractivity contribution < 1.29 is 23.8 Å². The van der Waals surface area contributed by atoms with E-state index in [2.05, 4.69) is 5.32 Å². The summed E-state index contributed by atoms with van der Waals surface area (Å²) in [6.07, 6.45) is 0. The molecule has 0 unspecified atom stereocenters. The second-order valence-electron chi connectivity index (χ2n) is 6.58. The summed E-state index contributed by atoms with van der Waals surface area (Å²) in [4.78, 5) is 23.4. The molecule has 1 heterocycles. The van der Waals surface area contributed by atoms with Crippen LogP contribution in [-0.2, 0) is 6.61 Å². The fraction of sp³-hybridized carbons (Fsp3) is 0.182. The molecule has 3 aromatic rings. The number of carboxylic acid groups (broad SMARTS) is 1. The number of hydrogen-bond donors (Lipinski definition) is 2. The molecule has 0 saturated heterocycles. The van der Waals surface area contributed by atoms with Crippen LogP contribution < -0.4 is 10.1 Å². The number of aromatic carboxylic acids is 1. The smallest absolute Gasteiger partial charge is 0.371 e. The van der Waals surface area contributed by atoms with Gasteiger partial charge in [0.25, 0.3) is 5.91 Å². The van der Waals surface area contributed by atoms with Gasteiger partial charge in [0, 0.05) is 16.8 Å². The zero-order valence-corrected chi connectivity index (χ0v) is 15.9. The third kappa shape index (κ3) is 4.40. The van der Waals surface area contributed by atoms with Crippen LogP contribution in [0.2, 0.25) is 0 Å². The summed E-state index contributed by atoms with van der Waals surface area (Å²) in [5, 5.41) is 11.9. The van der Waals surface area contributed by atoms with Crippen LogP contribution in [-0.4, -0.2) is 17.0 Å². The lowest BCUT2D eigenvalue weighted by Crippen LogP contribution is -2.12. The number of anilines is 1. The normalized spacial score (nSPS) is 10.5. The zero-order chi connectivity index (χ0) is 20.3. The first-order valence-electron chi connectivity index (χ1n) is 8.77. The number of rotatable bonds is 6. The molecule has 0 bridgehead atoms.